The maximum absolute atomic E-state index is 9.70. The zero-order chi connectivity index (χ0) is 15.5. The van der Waals surface area contributed by atoms with Gasteiger partial charge in [-0.15, -0.1) is 0 Å². The zero-order valence-corrected chi connectivity index (χ0v) is 13.4. The Bertz CT molecular complexity index is 581. The van der Waals surface area contributed by atoms with Gasteiger partial charge in [0.2, 0.25) is 0 Å². The topological polar surface area (TPSA) is 32.3 Å². The van der Waals surface area contributed by atoms with E-state index in [1.165, 1.54) is 11.1 Å². The molecule has 0 radical (unpaired) electrons. The van der Waals surface area contributed by atoms with Gasteiger partial charge in [-0.2, -0.15) is 0 Å². The second-order valence-electron chi connectivity index (χ2n) is 6.57. The molecule has 2 aromatic rings. The van der Waals surface area contributed by atoms with Crippen LogP contribution < -0.4 is 5.32 Å². The highest BCUT2D eigenvalue weighted by Gasteiger charge is 2.15. The summed E-state index contributed by atoms with van der Waals surface area (Å²) >= 11 is 0. The third-order valence-corrected chi connectivity index (χ3v) is 3.84. The first kappa shape index (κ1) is 15.6. The summed E-state index contributed by atoms with van der Waals surface area (Å²) in [5, 5.41) is 13.1. The molecule has 112 valence electrons. The van der Waals surface area contributed by atoms with E-state index in [1.807, 2.05) is 18.2 Å². The monoisotopic (exact) mass is 283 g/mol. The molecule has 0 fully saturated rings. The van der Waals surface area contributed by atoms with Crippen molar-refractivity contribution in [3.05, 3.63) is 65.2 Å². The van der Waals surface area contributed by atoms with E-state index in [1.54, 1.807) is 0 Å². The molecule has 2 nitrogen and oxygen atoms in total. The SMILES string of the molecule is Cc1ccccc1NC(CO)c1ccc(C(C)(C)C)cc1. The van der Waals surface area contributed by atoms with Crippen LogP contribution in [0.25, 0.3) is 0 Å². The Morgan fingerprint density at radius 1 is 1.00 bits per heavy atom. The molecule has 2 rings (SSSR count). The average molecular weight is 283 g/mol. The van der Waals surface area contributed by atoms with Gasteiger partial charge in [0.15, 0.2) is 0 Å². The highest BCUT2D eigenvalue weighted by atomic mass is 16.3. The summed E-state index contributed by atoms with van der Waals surface area (Å²) in [5.41, 5.74) is 4.81. The fraction of sp³-hybridized carbons (Fsp3) is 0.368. The average Bonchev–Trinajstić information content (AvgIpc) is 2.46. The summed E-state index contributed by atoms with van der Waals surface area (Å²) in [7, 11) is 0. The summed E-state index contributed by atoms with van der Waals surface area (Å²) in [6.07, 6.45) is 0. The van der Waals surface area contributed by atoms with Gasteiger partial charge in [-0.3, -0.25) is 0 Å². The number of nitrogens with one attached hydrogen (secondary N) is 1. The van der Waals surface area contributed by atoms with Gasteiger partial charge in [-0.05, 0) is 35.1 Å². The molecular formula is C19H25NO. The van der Waals surface area contributed by atoms with E-state index in [9.17, 15) is 5.11 Å². The second-order valence-corrected chi connectivity index (χ2v) is 6.57. The molecule has 0 aliphatic carbocycles. The Kier molecular flexibility index (Phi) is 4.69. The Balaban J connectivity index is 2.20. The van der Waals surface area contributed by atoms with E-state index < -0.39 is 0 Å². The van der Waals surface area contributed by atoms with Crippen molar-refractivity contribution in [2.75, 3.05) is 11.9 Å². The van der Waals surface area contributed by atoms with Crippen LogP contribution in [-0.2, 0) is 5.41 Å². The normalized spacial score (nSPS) is 13.0. The molecule has 0 saturated carbocycles. The van der Waals surface area contributed by atoms with Gasteiger partial charge in [0.25, 0.3) is 0 Å². The smallest absolute Gasteiger partial charge is 0.0745 e. The van der Waals surface area contributed by atoms with Gasteiger partial charge < -0.3 is 10.4 Å². The summed E-state index contributed by atoms with van der Waals surface area (Å²) < 4.78 is 0. The molecule has 21 heavy (non-hydrogen) atoms. The van der Waals surface area contributed by atoms with Gasteiger partial charge in [0.05, 0.1) is 12.6 Å². The maximum atomic E-state index is 9.70. The van der Waals surface area contributed by atoms with Crippen LogP contribution >= 0.6 is 0 Å². The minimum Gasteiger partial charge on any atom is -0.394 e. The van der Waals surface area contributed by atoms with E-state index in [0.717, 1.165) is 11.3 Å². The molecule has 0 aliphatic heterocycles. The predicted molar refractivity (Wildman–Crippen MR) is 89.8 cm³/mol. The molecule has 1 unspecified atom stereocenters. The first-order chi connectivity index (χ1) is 9.91. The fourth-order valence-corrected chi connectivity index (χ4v) is 2.37. The number of aryl methyl sites for hydroxylation is 1. The van der Waals surface area contributed by atoms with Crippen LogP contribution in [0.1, 0.15) is 43.5 Å². The van der Waals surface area contributed by atoms with Crippen LogP contribution in [-0.4, -0.2) is 11.7 Å². The largest absolute Gasteiger partial charge is 0.394 e. The molecule has 1 atom stereocenters. The van der Waals surface area contributed by atoms with E-state index >= 15 is 0 Å². The minimum absolute atomic E-state index is 0.0726. The number of anilines is 1. The van der Waals surface area contributed by atoms with E-state index in [-0.39, 0.29) is 18.1 Å². The zero-order valence-electron chi connectivity index (χ0n) is 13.4. The Morgan fingerprint density at radius 3 is 2.14 bits per heavy atom. The summed E-state index contributed by atoms with van der Waals surface area (Å²) in [4.78, 5) is 0. The number of aliphatic hydroxyl groups is 1. The first-order valence-electron chi connectivity index (χ1n) is 7.45. The maximum Gasteiger partial charge on any atom is 0.0745 e. The molecule has 0 spiro atoms. The highest BCUT2D eigenvalue weighted by molar-refractivity contribution is 5.52. The molecule has 2 N–H and O–H groups in total. The number of rotatable bonds is 4. The van der Waals surface area contributed by atoms with Gasteiger partial charge in [-0.25, -0.2) is 0 Å². The van der Waals surface area contributed by atoms with E-state index in [0.29, 0.717) is 0 Å². The van der Waals surface area contributed by atoms with Gasteiger partial charge in [-0.1, -0.05) is 63.2 Å². The fourth-order valence-electron chi connectivity index (χ4n) is 2.37. The van der Waals surface area contributed by atoms with Crippen LogP contribution in [0.3, 0.4) is 0 Å². The molecule has 0 bridgehead atoms. The van der Waals surface area contributed by atoms with Crippen molar-refractivity contribution in [2.24, 2.45) is 0 Å². The summed E-state index contributed by atoms with van der Waals surface area (Å²) in [6, 6.07) is 16.6. The number of aliphatic hydroxyl groups excluding tert-OH is 1. The molecule has 2 aromatic carbocycles. The third-order valence-electron chi connectivity index (χ3n) is 3.84. The molecule has 0 aromatic heterocycles. The lowest BCUT2D eigenvalue weighted by Gasteiger charge is -2.22. The number of hydrogen-bond acceptors (Lipinski definition) is 2. The molecule has 0 saturated heterocycles. The van der Waals surface area contributed by atoms with Gasteiger partial charge in [0.1, 0.15) is 0 Å². The Labute approximate surface area is 127 Å². The molecule has 0 heterocycles. The van der Waals surface area contributed by atoms with Crippen LogP contribution in [0.4, 0.5) is 5.69 Å². The van der Waals surface area contributed by atoms with Crippen LogP contribution in [0.2, 0.25) is 0 Å². The van der Waals surface area contributed by atoms with Crippen molar-refractivity contribution in [3.63, 3.8) is 0 Å². The van der Waals surface area contributed by atoms with Gasteiger partial charge >= 0.3 is 0 Å². The molecule has 0 aliphatic rings. The van der Waals surface area contributed by atoms with Crippen molar-refractivity contribution in [2.45, 2.75) is 39.2 Å². The van der Waals surface area contributed by atoms with E-state index in [4.69, 9.17) is 0 Å². The quantitative estimate of drug-likeness (QED) is 0.869. The van der Waals surface area contributed by atoms with Crippen LogP contribution in [0.5, 0.6) is 0 Å². The predicted octanol–water partition coefficient (Wildman–Crippen LogP) is 4.44. The van der Waals surface area contributed by atoms with Crippen molar-refractivity contribution < 1.29 is 5.11 Å². The first-order valence-corrected chi connectivity index (χ1v) is 7.45. The van der Waals surface area contributed by atoms with E-state index in [2.05, 4.69) is 63.3 Å². The molecule has 2 heteroatoms. The lowest BCUT2D eigenvalue weighted by Crippen LogP contribution is -2.16. The number of hydrogen-bond donors (Lipinski definition) is 2. The van der Waals surface area contributed by atoms with Gasteiger partial charge in [0, 0.05) is 5.69 Å². The minimum atomic E-state index is -0.0832. The lowest BCUT2D eigenvalue weighted by molar-refractivity contribution is 0.276. The van der Waals surface area contributed by atoms with Crippen molar-refractivity contribution in [1.82, 2.24) is 0 Å². The summed E-state index contributed by atoms with van der Waals surface area (Å²) in [6.45, 7) is 8.76. The van der Waals surface area contributed by atoms with Crippen LogP contribution in [0.15, 0.2) is 48.5 Å². The highest BCUT2D eigenvalue weighted by Crippen LogP contribution is 2.26. The Hall–Kier alpha value is -1.80. The van der Waals surface area contributed by atoms with Crippen molar-refractivity contribution in [1.29, 1.82) is 0 Å². The van der Waals surface area contributed by atoms with Crippen molar-refractivity contribution in [3.8, 4) is 0 Å². The number of benzene rings is 2. The standard InChI is InChI=1S/C19H25NO/c1-14-7-5-6-8-17(14)20-18(13-21)15-9-11-16(12-10-15)19(2,3)4/h5-12,18,20-21H,13H2,1-4H3. The van der Waals surface area contributed by atoms with Crippen LogP contribution in [0, 0.1) is 6.92 Å². The summed E-state index contributed by atoms with van der Waals surface area (Å²) in [5.74, 6) is 0. The lowest BCUT2D eigenvalue weighted by atomic mass is 9.86. The molecule has 0 amide bonds. The molecular weight excluding hydrogens is 258 g/mol. The second kappa shape index (κ2) is 6.31. The van der Waals surface area contributed by atoms with Crippen molar-refractivity contribution >= 4 is 5.69 Å². The third kappa shape index (κ3) is 3.85. The Morgan fingerprint density at radius 2 is 1.62 bits per heavy atom. The number of para-hydroxylation sites is 1.